The topological polar surface area (TPSA) is 55.8 Å². The minimum Gasteiger partial charge on any atom is -0.492 e. The number of methoxy groups -OCH3 is 1. The fraction of sp³-hybridized carbons (Fsp3) is 0.762. The lowest BCUT2D eigenvalue weighted by molar-refractivity contribution is -0.140. The second-order valence-corrected chi connectivity index (χ2v) is 7.49. The van der Waals surface area contributed by atoms with Gasteiger partial charge < -0.3 is 14.6 Å². The molecule has 0 bridgehead atoms. The molecule has 4 nitrogen and oxygen atoms in total. The molecule has 27 heavy (non-hydrogen) atoms. The van der Waals surface area contributed by atoms with Crippen molar-refractivity contribution in [1.29, 1.82) is 0 Å². The van der Waals surface area contributed by atoms with E-state index >= 15 is 0 Å². The number of fused-ring (bicyclic) bond motifs is 1. The summed E-state index contributed by atoms with van der Waals surface area (Å²) in [7, 11) is 1.35. The summed E-state index contributed by atoms with van der Waals surface area (Å²) < 4.78 is 39.1. The Morgan fingerprint density at radius 3 is 2.89 bits per heavy atom. The van der Waals surface area contributed by atoms with Gasteiger partial charge in [0, 0.05) is 12.3 Å². The third-order valence-corrected chi connectivity index (χ3v) is 5.52. The smallest absolute Gasteiger partial charge is 0.305 e. The third kappa shape index (κ3) is 6.03. The van der Waals surface area contributed by atoms with Crippen molar-refractivity contribution in [2.75, 3.05) is 7.11 Å². The van der Waals surface area contributed by atoms with E-state index in [4.69, 9.17) is 4.74 Å². The molecule has 0 aromatic rings. The molecule has 0 aromatic carbocycles. The van der Waals surface area contributed by atoms with Crippen LogP contribution in [0.1, 0.15) is 58.3 Å². The number of ether oxygens (including phenoxy) is 2. The van der Waals surface area contributed by atoms with Crippen LogP contribution in [0.4, 0.5) is 8.78 Å². The molecule has 154 valence electrons. The first-order valence-corrected chi connectivity index (χ1v) is 10.1. The van der Waals surface area contributed by atoms with Crippen molar-refractivity contribution in [2.24, 2.45) is 11.8 Å². The summed E-state index contributed by atoms with van der Waals surface area (Å²) >= 11 is 0. The van der Waals surface area contributed by atoms with Gasteiger partial charge in [0.05, 0.1) is 7.11 Å². The van der Waals surface area contributed by atoms with Gasteiger partial charge in [-0.2, -0.15) is 0 Å². The molecule has 1 unspecified atom stereocenters. The number of halogens is 2. The quantitative estimate of drug-likeness (QED) is 0.343. The zero-order valence-corrected chi connectivity index (χ0v) is 16.3. The van der Waals surface area contributed by atoms with Gasteiger partial charge in [-0.05, 0) is 44.1 Å². The molecule has 1 heterocycles. The van der Waals surface area contributed by atoms with Gasteiger partial charge in [-0.25, -0.2) is 8.78 Å². The Morgan fingerprint density at radius 1 is 1.41 bits per heavy atom. The largest absolute Gasteiger partial charge is 0.492 e. The summed E-state index contributed by atoms with van der Waals surface area (Å²) in [4.78, 5) is 11.1. The average Bonchev–Trinajstić information content (AvgIpc) is 3.21. The number of carbonyl (C=O) groups excluding carboxylic acids is 1. The average molecular weight is 386 g/mol. The lowest BCUT2D eigenvalue weighted by Gasteiger charge is -2.16. The number of aliphatic hydroxyl groups is 1. The maximum Gasteiger partial charge on any atom is 0.305 e. The van der Waals surface area contributed by atoms with E-state index < -0.39 is 18.4 Å². The summed E-state index contributed by atoms with van der Waals surface area (Å²) in [6.45, 7) is 1.98. The molecule has 0 spiro atoms. The van der Waals surface area contributed by atoms with Crippen LogP contribution in [-0.4, -0.2) is 42.7 Å². The number of rotatable bonds is 10. The van der Waals surface area contributed by atoms with Crippen molar-refractivity contribution >= 4 is 5.97 Å². The van der Waals surface area contributed by atoms with Crippen molar-refractivity contribution in [3.05, 3.63) is 24.0 Å². The van der Waals surface area contributed by atoms with Gasteiger partial charge in [-0.15, -0.1) is 0 Å². The van der Waals surface area contributed by atoms with Crippen LogP contribution in [0.3, 0.4) is 0 Å². The van der Waals surface area contributed by atoms with Crippen LogP contribution in [0, 0.1) is 11.8 Å². The highest BCUT2D eigenvalue weighted by Gasteiger charge is 2.49. The molecule has 1 saturated carbocycles. The molecular weight excluding hydrogens is 354 g/mol. The summed E-state index contributed by atoms with van der Waals surface area (Å²) in [5.41, 5.74) is 0. The summed E-state index contributed by atoms with van der Waals surface area (Å²) in [5, 5.41) is 9.94. The van der Waals surface area contributed by atoms with E-state index in [2.05, 4.69) is 4.74 Å². The lowest BCUT2D eigenvalue weighted by atomic mass is 9.90. The van der Waals surface area contributed by atoms with Crippen LogP contribution >= 0.6 is 0 Å². The van der Waals surface area contributed by atoms with Gasteiger partial charge in [-0.1, -0.05) is 31.9 Å². The summed E-state index contributed by atoms with van der Waals surface area (Å²) in [5.74, 6) is -0.267. The molecule has 1 N–H and O–H groups in total. The minimum atomic E-state index is -1.27. The van der Waals surface area contributed by atoms with E-state index in [9.17, 15) is 18.7 Å². The van der Waals surface area contributed by atoms with E-state index in [0.29, 0.717) is 31.4 Å². The highest BCUT2D eigenvalue weighted by atomic mass is 19.1. The van der Waals surface area contributed by atoms with Crippen molar-refractivity contribution in [3.63, 3.8) is 0 Å². The Kier molecular flexibility index (Phi) is 8.74. The lowest BCUT2D eigenvalue weighted by Crippen LogP contribution is -2.22. The Hall–Kier alpha value is -1.43. The van der Waals surface area contributed by atoms with Gasteiger partial charge >= 0.3 is 5.97 Å². The van der Waals surface area contributed by atoms with Crippen molar-refractivity contribution in [1.82, 2.24) is 0 Å². The fourth-order valence-electron chi connectivity index (χ4n) is 3.91. The van der Waals surface area contributed by atoms with Crippen LogP contribution in [0.15, 0.2) is 24.0 Å². The SMILES string of the molecule is CCCC[C@@H](F)[C@H](O)/C=C/[C@H]1CC[C@@H]2O/C(=C\CCCC(=O)OC)C(F)[C@@H]21. The van der Waals surface area contributed by atoms with Crippen molar-refractivity contribution < 1.29 is 28.2 Å². The summed E-state index contributed by atoms with van der Waals surface area (Å²) in [6.07, 6.45) is 6.16. The predicted octanol–water partition coefficient (Wildman–Crippen LogP) is 4.42. The van der Waals surface area contributed by atoms with E-state index in [0.717, 1.165) is 25.7 Å². The molecule has 0 aromatic heterocycles. The number of alkyl halides is 2. The number of carbonyl (C=O) groups is 1. The van der Waals surface area contributed by atoms with Gasteiger partial charge in [0.2, 0.25) is 0 Å². The van der Waals surface area contributed by atoms with E-state index in [-0.39, 0.29) is 23.9 Å². The second-order valence-electron chi connectivity index (χ2n) is 7.49. The van der Waals surface area contributed by atoms with Crippen LogP contribution in [0.5, 0.6) is 0 Å². The Labute approximate surface area is 160 Å². The fourth-order valence-corrected chi connectivity index (χ4v) is 3.91. The normalized spacial score (nSPS) is 31.1. The van der Waals surface area contributed by atoms with E-state index in [1.165, 1.54) is 13.2 Å². The Balaban J connectivity index is 1.86. The Bertz CT molecular complexity index is 534. The molecule has 1 aliphatic heterocycles. The zero-order valence-electron chi connectivity index (χ0n) is 16.3. The number of allylic oxidation sites excluding steroid dienone is 3. The molecule has 2 rings (SSSR count). The first-order chi connectivity index (χ1) is 13.0. The second kappa shape index (κ2) is 10.8. The van der Waals surface area contributed by atoms with Crippen LogP contribution in [0.25, 0.3) is 0 Å². The molecule has 2 aliphatic rings. The monoisotopic (exact) mass is 386 g/mol. The van der Waals surface area contributed by atoms with Crippen molar-refractivity contribution in [3.8, 4) is 0 Å². The highest BCUT2D eigenvalue weighted by molar-refractivity contribution is 5.69. The van der Waals surface area contributed by atoms with Gasteiger partial charge in [0.25, 0.3) is 0 Å². The van der Waals surface area contributed by atoms with Gasteiger partial charge in [-0.3, -0.25) is 4.79 Å². The van der Waals surface area contributed by atoms with Crippen LogP contribution in [-0.2, 0) is 14.3 Å². The molecule has 6 atom stereocenters. The van der Waals surface area contributed by atoms with Crippen molar-refractivity contribution in [2.45, 2.75) is 82.8 Å². The standard InChI is InChI=1S/C21H32F2O4/c1-3-4-7-15(22)16(24)12-10-14-11-13-17-20(14)21(23)18(27-17)8-5-6-9-19(25)26-2/h8,10,12,14-17,20-21,24H,3-7,9,11,13H2,1-2H3/b12-10+,18-8-/t14-,15+,16+,17-,20+,21?/m0/s1. The maximum atomic E-state index is 14.8. The molecular formula is C21H32F2O4. The molecule has 1 saturated heterocycles. The maximum absolute atomic E-state index is 14.8. The molecule has 1 aliphatic carbocycles. The molecule has 0 amide bonds. The first kappa shape index (κ1) is 21.9. The minimum absolute atomic E-state index is 0.0565. The first-order valence-electron chi connectivity index (χ1n) is 10.1. The molecule has 0 radical (unpaired) electrons. The van der Waals surface area contributed by atoms with E-state index in [1.54, 1.807) is 12.2 Å². The number of hydrogen-bond acceptors (Lipinski definition) is 4. The summed E-state index contributed by atoms with van der Waals surface area (Å²) in [6, 6.07) is 0. The van der Waals surface area contributed by atoms with Crippen LogP contribution < -0.4 is 0 Å². The number of unbranched alkanes of at least 4 members (excludes halogenated alkanes) is 2. The van der Waals surface area contributed by atoms with Gasteiger partial charge in [0.1, 0.15) is 24.1 Å². The molecule has 6 heteroatoms. The van der Waals surface area contributed by atoms with E-state index in [1.807, 2.05) is 6.92 Å². The third-order valence-electron chi connectivity index (χ3n) is 5.52. The van der Waals surface area contributed by atoms with Gasteiger partial charge in [0.15, 0.2) is 6.17 Å². The number of hydrogen-bond donors (Lipinski definition) is 1. The zero-order chi connectivity index (χ0) is 19.8. The van der Waals surface area contributed by atoms with Crippen LogP contribution in [0.2, 0.25) is 0 Å². The number of esters is 1. The Morgan fingerprint density at radius 2 is 2.19 bits per heavy atom. The number of aliphatic hydroxyl groups excluding tert-OH is 1. The predicted molar refractivity (Wildman–Crippen MR) is 99.5 cm³/mol. The molecule has 2 fully saturated rings. The highest BCUT2D eigenvalue weighted by Crippen LogP contribution is 2.47.